The Labute approximate surface area is 200 Å². The summed E-state index contributed by atoms with van der Waals surface area (Å²) in [4.78, 5) is 13.3. The number of aryl methyl sites for hydroxylation is 2. The molecule has 0 aromatic heterocycles. The lowest BCUT2D eigenvalue weighted by Gasteiger charge is -2.37. The molecular weight excluding hydrogens is 465 g/mol. The van der Waals surface area contributed by atoms with Gasteiger partial charge in [0, 0.05) is 17.0 Å². The van der Waals surface area contributed by atoms with Gasteiger partial charge in [-0.2, -0.15) is 8.42 Å². The van der Waals surface area contributed by atoms with Gasteiger partial charge in [0.1, 0.15) is 5.82 Å². The van der Waals surface area contributed by atoms with Crippen LogP contribution in [-0.4, -0.2) is 39.7 Å². The molecule has 180 valence electrons. The van der Waals surface area contributed by atoms with Crippen LogP contribution in [0.3, 0.4) is 0 Å². The van der Waals surface area contributed by atoms with Crippen molar-refractivity contribution in [3.05, 3.63) is 69.5 Å². The summed E-state index contributed by atoms with van der Waals surface area (Å²) >= 11 is 6.16. The maximum absolute atomic E-state index is 14.3. The van der Waals surface area contributed by atoms with Crippen LogP contribution in [0.1, 0.15) is 47.9 Å². The van der Waals surface area contributed by atoms with Gasteiger partial charge in [-0.05, 0) is 74.8 Å². The molecule has 0 bridgehead atoms. The summed E-state index contributed by atoms with van der Waals surface area (Å²) < 4.78 is 42.6. The number of benzene rings is 2. The molecule has 0 saturated carbocycles. The maximum Gasteiger partial charge on any atom is 0.264 e. The van der Waals surface area contributed by atoms with Crippen molar-refractivity contribution < 1.29 is 21.8 Å². The number of hydrogen-bond donors (Lipinski definition) is 1. The van der Waals surface area contributed by atoms with Crippen molar-refractivity contribution in [3.63, 3.8) is 0 Å². The Morgan fingerprint density at radius 1 is 1.27 bits per heavy atom. The molecule has 5 nitrogen and oxygen atoms in total. The van der Waals surface area contributed by atoms with E-state index in [2.05, 4.69) is 17.4 Å². The highest BCUT2D eigenvalue weighted by molar-refractivity contribution is 7.85. The number of hydrogen-bond acceptors (Lipinski definition) is 5. The normalized spacial score (nSPS) is 21.5. The second kappa shape index (κ2) is 10.6. The molecular formula is C25H31ClFNO4S. The molecule has 2 unspecified atom stereocenters. The number of rotatable bonds is 8. The second-order valence-corrected chi connectivity index (χ2v) is 11.1. The van der Waals surface area contributed by atoms with Crippen molar-refractivity contribution in [1.82, 2.24) is 5.32 Å². The number of ketones is 1. The smallest absolute Gasteiger partial charge is 0.264 e. The van der Waals surface area contributed by atoms with Crippen molar-refractivity contribution >= 4 is 27.5 Å². The summed E-state index contributed by atoms with van der Waals surface area (Å²) in [6.45, 7) is 4.72. The third-order valence-corrected chi connectivity index (χ3v) is 7.41. The van der Waals surface area contributed by atoms with E-state index >= 15 is 0 Å². The molecule has 8 heteroatoms. The minimum atomic E-state index is -3.58. The Morgan fingerprint density at radius 3 is 2.73 bits per heavy atom. The molecule has 1 N–H and O–H groups in total. The first kappa shape index (κ1) is 25.8. The lowest BCUT2D eigenvalue weighted by Crippen LogP contribution is -2.42. The summed E-state index contributed by atoms with van der Waals surface area (Å²) in [6, 6.07) is 10.1. The van der Waals surface area contributed by atoms with Gasteiger partial charge in [-0.25, -0.2) is 4.39 Å². The van der Waals surface area contributed by atoms with Gasteiger partial charge in [0.05, 0.1) is 18.9 Å². The quantitative estimate of drug-likeness (QED) is 0.539. The molecule has 0 aliphatic carbocycles. The fourth-order valence-electron chi connectivity index (χ4n) is 4.80. The molecule has 0 radical (unpaired) electrons. The Kier molecular flexibility index (Phi) is 8.32. The van der Waals surface area contributed by atoms with E-state index in [9.17, 15) is 17.6 Å². The Hall–Kier alpha value is -1.80. The molecule has 0 spiro atoms. The average molecular weight is 496 g/mol. The van der Waals surface area contributed by atoms with E-state index in [4.69, 9.17) is 15.8 Å². The lowest BCUT2D eigenvalue weighted by molar-refractivity contribution is -0.120. The standard InChI is InChI=1S/C25H31ClFNO4S/c1-17-8-9-18(2)20(14-17)25(11-13-32-33(3,30)31)10-5-12-28-23(16-25)24(29)15-19-21(26)6-4-7-22(19)27/h4,6-9,14,23,28H,5,10-13,15-16H2,1-3H3. The van der Waals surface area contributed by atoms with Gasteiger partial charge in [-0.15, -0.1) is 0 Å². The monoisotopic (exact) mass is 495 g/mol. The van der Waals surface area contributed by atoms with Crippen LogP contribution in [-0.2, 0) is 30.9 Å². The molecule has 2 aromatic carbocycles. The molecule has 1 aliphatic rings. The van der Waals surface area contributed by atoms with Crippen LogP contribution in [0.15, 0.2) is 36.4 Å². The predicted octanol–water partition coefficient (Wildman–Crippen LogP) is 4.65. The first-order valence-electron chi connectivity index (χ1n) is 11.1. The number of nitrogens with one attached hydrogen (secondary N) is 1. The highest BCUT2D eigenvalue weighted by atomic mass is 35.5. The van der Waals surface area contributed by atoms with Gasteiger partial charge in [-0.1, -0.05) is 41.4 Å². The van der Waals surface area contributed by atoms with Gasteiger partial charge in [-0.3, -0.25) is 8.98 Å². The summed E-state index contributed by atoms with van der Waals surface area (Å²) in [6.07, 6.45) is 3.45. The van der Waals surface area contributed by atoms with E-state index < -0.39 is 27.4 Å². The van der Waals surface area contributed by atoms with Crippen molar-refractivity contribution in [3.8, 4) is 0 Å². The number of carbonyl (C=O) groups is 1. The van der Waals surface area contributed by atoms with Crippen LogP contribution in [0.2, 0.25) is 5.02 Å². The molecule has 3 rings (SSSR count). The molecule has 1 fully saturated rings. The van der Waals surface area contributed by atoms with Crippen molar-refractivity contribution in [2.75, 3.05) is 19.4 Å². The third kappa shape index (κ3) is 6.63. The van der Waals surface area contributed by atoms with Crippen LogP contribution in [0.5, 0.6) is 0 Å². The number of halogens is 2. The highest BCUT2D eigenvalue weighted by Gasteiger charge is 2.39. The van der Waals surface area contributed by atoms with Crippen LogP contribution in [0.25, 0.3) is 0 Å². The Balaban J connectivity index is 1.94. The molecule has 1 aliphatic heterocycles. The van der Waals surface area contributed by atoms with Crippen LogP contribution >= 0.6 is 11.6 Å². The fraction of sp³-hybridized carbons (Fsp3) is 0.480. The SMILES string of the molecule is Cc1ccc(C)c(C2(CCOS(C)(=O)=O)CCCNC(C(=O)Cc3c(F)cccc3Cl)C2)c1. The molecule has 1 saturated heterocycles. The van der Waals surface area contributed by atoms with Crippen LogP contribution in [0, 0.1) is 19.7 Å². The first-order valence-corrected chi connectivity index (χ1v) is 13.3. The lowest BCUT2D eigenvalue weighted by atomic mass is 9.68. The Morgan fingerprint density at radius 2 is 2.03 bits per heavy atom. The number of Topliss-reactive ketones (excluding diaryl/α,β-unsaturated/α-hetero) is 1. The topological polar surface area (TPSA) is 72.5 Å². The molecule has 2 atom stereocenters. The third-order valence-electron chi connectivity index (χ3n) is 6.46. The zero-order chi connectivity index (χ0) is 24.2. The minimum Gasteiger partial charge on any atom is -0.307 e. The highest BCUT2D eigenvalue weighted by Crippen LogP contribution is 2.41. The molecule has 1 heterocycles. The van der Waals surface area contributed by atoms with Gasteiger partial charge in [0.15, 0.2) is 5.78 Å². The number of carbonyl (C=O) groups excluding carboxylic acids is 1. The fourth-order valence-corrected chi connectivity index (χ4v) is 5.41. The summed E-state index contributed by atoms with van der Waals surface area (Å²) in [5.41, 5.74) is 3.03. The second-order valence-electron chi connectivity index (χ2n) is 9.03. The van der Waals surface area contributed by atoms with E-state index in [1.165, 1.54) is 12.1 Å². The predicted molar refractivity (Wildman–Crippen MR) is 129 cm³/mol. The minimum absolute atomic E-state index is 0.0340. The van der Waals surface area contributed by atoms with Crippen molar-refractivity contribution in [2.24, 2.45) is 0 Å². The van der Waals surface area contributed by atoms with Crippen molar-refractivity contribution in [1.29, 1.82) is 0 Å². The molecule has 33 heavy (non-hydrogen) atoms. The largest absolute Gasteiger partial charge is 0.307 e. The van der Waals surface area contributed by atoms with Crippen LogP contribution in [0.4, 0.5) is 4.39 Å². The maximum atomic E-state index is 14.3. The van der Waals surface area contributed by atoms with Crippen LogP contribution < -0.4 is 5.32 Å². The van der Waals surface area contributed by atoms with Gasteiger partial charge in [0.25, 0.3) is 10.1 Å². The average Bonchev–Trinajstić information content (AvgIpc) is 2.95. The first-order chi connectivity index (χ1) is 15.5. The molecule has 2 aromatic rings. The van der Waals surface area contributed by atoms with Gasteiger partial charge >= 0.3 is 0 Å². The van der Waals surface area contributed by atoms with E-state index in [0.717, 1.165) is 35.8 Å². The van der Waals surface area contributed by atoms with E-state index in [1.807, 2.05) is 19.9 Å². The zero-order valence-electron chi connectivity index (χ0n) is 19.3. The van der Waals surface area contributed by atoms with Gasteiger partial charge < -0.3 is 5.32 Å². The zero-order valence-corrected chi connectivity index (χ0v) is 20.9. The molecule has 0 amide bonds. The summed E-state index contributed by atoms with van der Waals surface area (Å²) in [5.74, 6) is -0.630. The van der Waals surface area contributed by atoms with Gasteiger partial charge in [0.2, 0.25) is 0 Å². The van der Waals surface area contributed by atoms with E-state index in [1.54, 1.807) is 6.07 Å². The van der Waals surface area contributed by atoms with E-state index in [-0.39, 0.29) is 29.4 Å². The summed E-state index contributed by atoms with van der Waals surface area (Å²) in [5, 5.41) is 3.57. The van der Waals surface area contributed by atoms with E-state index in [0.29, 0.717) is 19.4 Å². The van der Waals surface area contributed by atoms with Crippen molar-refractivity contribution in [2.45, 2.75) is 57.4 Å². The summed E-state index contributed by atoms with van der Waals surface area (Å²) in [7, 11) is -3.58. The Bertz CT molecular complexity index is 1100.